The van der Waals surface area contributed by atoms with Crippen molar-refractivity contribution in [3.05, 3.63) is 29.8 Å². The lowest BCUT2D eigenvalue weighted by Gasteiger charge is -2.30. The summed E-state index contributed by atoms with van der Waals surface area (Å²) in [5, 5.41) is 3.19. The first-order chi connectivity index (χ1) is 11.1. The summed E-state index contributed by atoms with van der Waals surface area (Å²) in [4.78, 5) is 15.0. The average Bonchev–Trinajstić information content (AvgIpc) is 3.26. The molecular weight excluding hydrogens is 286 g/mol. The van der Waals surface area contributed by atoms with Gasteiger partial charge in [0.25, 0.3) is 0 Å². The Bertz CT molecular complexity index is 600. The summed E-state index contributed by atoms with van der Waals surface area (Å²) in [6.45, 7) is 3.95. The fourth-order valence-corrected chi connectivity index (χ4v) is 5.02. The third-order valence-electron chi connectivity index (χ3n) is 6.31. The first kappa shape index (κ1) is 15.0. The minimum Gasteiger partial charge on any atom is -0.366 e. The number of benzene rings is 1. The van der Waals surface area contributed by atoms with E-state index in [0.29, 0.717) is 24.4 Å². The first-order valence-electron chi connectivity index (χ1n) is 9.03. The molecule has 0 radical (unpaired) electrons. The van der Waals surface area contributed by atoms with Crippen molar-refractivity contribution < 1.29 is 4.79 Å². The molecule has 1 aromatic rings. The van der Waals surface area contributed by atoms with Crippen LogP contribution in [0.2, 0.25) is 0 Å². The SMILES string of the molecule is CC(CNC(=O)C1C2CCC(C2)C1N)N1CCc2ccccc21. The highest BCUT2D eigenvalue weighted by Gasteiger charge is 2.49. The molecule has 3 N–H and O–H groups in total. The lowest BCUT2D eigenvalue weighted by molar-refractivity contribution is -0.127. The van der Waals surface area contributed by atoms with Gasteiger partial charge in [-0.3, -0.25) is 4.79 Å². The van der Waals surface area contributed by atoms with Gasteiger partial charge in [-0.25, -0.2) is 0 Å². The number of fused-ring (bicyclic) bond motifs is 3. The van der Waals surface area contributed by atoms with Crippen molar-refractivity contribution in [2.45, 2.75) is 44.7 Å². The van der Waals surface area contributed by atoms with Crippen LogP contribution >= 0.6 is 0 Å². The zero-order valence-corrected chi connectivity index (χ0v) is 13.9. The van der Waals surface area contributed by atoms with Crippen LogP contribution in [0.1, 0.15) is 31.7 Å². The molecule has 4 heteroatoms. The number of carbonyl (C=O) groups is 1. The van der Waals surface area contributed by atoms with Crippen molar-refractivity contribution in [3.8, 4) is 0 Å². The van der Waals surface area contributed by atoms with E-state index < -0.39 is 0 Å². The highest BCUT2D eigenvalue weighted by molar-refractivity contribution is 5.80. The lowest BCUT2D eigenvalue weighted by atomic mass is 9.84. The van der Waals surface area contributed by atoms with Gasteiger partial charge in [-0.1, -0.05) is 18.2 Å². The second-order valence-corrected chi connectivity index (χ2v) is 7.60. The predicted octanol–water partition coefficient (Wildman–Crippen LogP) is 1.93. The molecule has 1 aliphatic heterocycles. The predicted molar refractivity (Wildman–Crippen MR) is 92.3 cm³/mol. The third kappa shape index (κ3) is 2.53. The Labute approximate surface area is 138 Å². The normalized spacial score (nSPS) is 32.9. The fraction of sp³-hybridized carbons (Fsp3) is 0.632. The molecule has 23 heavy (non-hydrogen) atoms. The van der Waals surface area contributed by atoms with Crippen molar-refractivity contribution in [1.82, 2.24) is 5.32 Å². The van der Waals surface area contributed by atoms with Gasteiger partial charge >= 0.3 is 0 Å². The van der Waals surface area contributed by atoms with Crippen LogP contribution in [-0.2, 0) is 11.2 Å². The van der Waals surface area contributed by atoms with Gasteiger partial charge in [0.2, 0.25) is 5.91 Å². The molecule has 2 bridgehead atoms. The van der Waals surface area contributed by atoms with Crippen LogP contribution in [-0.4, -0.2) is 31.1 Å². The van der Waals surface area contributed by atoms with Gasteiger partial charge in [0.05, 0.1) is 5.92 Å². The van der Waals surface area contributed by atoms with E-state index in [1.54, 1.807) is 0 Å². The number of amides is 1. The minimum atomic E-state index is 0.0480. The van der Waals surface area contributed by atoms with Gasteiger partial charge in [-0.15, -0.1) is 0 Å². The summed E-state index contributed by atoms with van der Waals surface area (Å²) in [6, 6.07) is 8.98. The summed E-state index contributed by atoms with van der Waals surface area (Å²) in [5.74, 6) is 1.34. The molecule has 5 atom stereocenters. The quantitative estimate of drug-likeness (QED) is 0.893. The van der Waals surface area contributed by atoms with Crippen molar-refractivity contribution >= 4 is 11.6 Å². The Kier molecular flexibility index (Phi) is 3.80. The first-order valence-corrected chi connectivity index (χ1v) is 9.03. The number of nitrogens with two attached hydrogens (primary N) is 1. The molecule has 4 nitrogen and oxygen atoms in total. The Hall–Kier alpha value is -1.55. The smallest absolute Gasteiger partial charge is 0.225 e. The van der Waals surface area contributed by atoms with Gasteiger partial charge in [-0.05, 0) is 56.1 Å². The monoisotopic (exact) mass is 313 g/mol. The van der Waals surface area contributed by atoms with Crippen LogP contribution in [0.3, 0.4) is 0 Å². The molecule has 5 unspecified atom stereocenters. The molecule has 4 rings (SSSR count). The topological polar surface area (TPSA) is 58.4 Å². The van der Waals surface area contributed by atoms with Crippen LogP contribution < -0.4 is 16.0 Å². The lowest BCUT2D eigenvalue weighted by Crippen LogP contribution is -2.48. The van der Waals surface area contributed by atoms with E-state index in [1.165, 1.54) is 24.1 Å². The zero-order valence-electron chi connectivity index (χ0n) is 13.9. The van der Waals surface area contributed by atoms with Gasteiger partial charge in [-0.2, -0.15) is 0 Å². The number of nitrogens with zero attached hydrogens (tertiary/aromatic N) is 1. The van der Waals surface area contributed by atoms with Crippen molar-refractivity contribution in [2.75, 3.05) is 18.0 Å². The van der Waals surface area contributed by atoms with Crippen molar-refractivity contribution in [3.63, 3.8) is 0 Å². The summed E-state index contributed by atoms with van der Waals surface area (Å²) in [5.41, 5.74) is 9.03. The maximum absolute atomic E-state index is 12.6. The molecule has 124 valence electrons. The number of hydrogen-bond acceptors (Lipinski definition) is 3. The Morgan fingerprint density at radius 1 is 1.35 bits per heavy atom. The van der Waals surface area contributed by atoms with E-state index in [2.05, 4.69) is 41.4 Å². The fourth-order valence-electron chi connectivity index (χ4n) is 5.02. The number of nitrogens with one attached hydrogen (secondary N) is 1. The number of carbonyl (C=O) groups excluding carboxylic acids is 1. The van der Waals surface area contributed by atoms with Gasteiger partial charge in [0, 0.05) is 30.9 Å². The van der Waals surface area contributed by atoms with E-state index in [1.807, 2.05) is 0 Å². The maximum atomic E-state index is 12.6. The Balaban J connectivity index is 1.35. The Morgan fingerprint density at radius 3 is 2.91 bits per heavy atom. The molecule has 2 fully saturated rings. The van der Waals surface area contributed by atoms with Crippen LogP contribution in [0.25, 0.3) is 0 Å². The molecule has 0 saturated heterocycles. The second-order valence-electron chi connectivity index (χ2n) is 7.60. The van der Waals surface area contributed by atoms with Gasteiger partial charge in [0.1, 0.15) is 0 Å². The molecule has 2 aliphatic carbocycles. The maximum Gasteiger partial charge on any atom is 0.225 e. The van der Waals surface area contributed by atoms with Crippen LogP contribution in [0.5, 0.6) is 0 Å². The van der Waals surface area contributed by atoms with Crippen molar-refractivity contribution in [2.24, 2.45) is 23.5 Å². The van der Waals surface area contributed by atoms with E-state index in [0.717, 1.165) is 19.4 Å². The average molecular weight is 313 g/mol. The van der Waals surface area contributed by atoms with Crippen molar-refractivity contribution in [1.29, 1.82) is 0 Å². The van der Waals surface area contributed by atoms with Crippen LogP contribution in [0.4, 0.5) is 5.69 Å². The van der Waals surface area contributed by atoms with Gasteiger partial charge < -0.3 is 16.0 Å². The van der Waals surface area contributed by atoms with E-state index in [9.17, 15) is 4.79 Å². The summed E-state index contributed by atoms with van der Waals surface area (Å²) < 4.78 is 0. The van der Waals surface area contributed by atoms with E-state index in [-0.39, 0.29) is 17.9 Å². The molecule has 0 spiro atoms. The zero-order chi connectivity index (χ0) is 16.0. The van der Waals surface area contributed by atoms with Crippen LogP contribution in [0, 0.1) is 17.8 Å². The summed E-state index contributed by atoms with van der Waals surface area (Å²) >= 11 is 0. The molecule has 1 heterocycles. The number of para-hydroxylation sites is 1. The second kappa shape index (κ2) is 5.82. The van der Waals surface area contributed by atoms with E-state index >= 15 is 0 Å². The number of anilines is 1. The highest BCUT2D eigenvalue weighted by Crippen LogP contribution is 2.47. The minimum absolute atomic E-state index is 0.0480. The molecule has 1 amide bonds. The largest absolute Gasteiger partial charge is 0.366 e. The number of rotatable bonds is 4. The standard InChI is InChI=1S/C19H27N3O/c1-12(22-9-8-13-4-2-3-5-16(13)22)11-21-19(23)17-14-6-7-15(10-14)18(17)20/h2-5,12,14-15,17-18H,6-11,20H2,1H3,(H,21,23). The van der Waals surface area contributed by atoms with Crippen LogP contribution in [0.15, 0.2) is 24.3 Å². The molecule has 0 aromatic heterocycles. The summed E-state index contributed by atoms with van der Waals surface area (Å²) in [7, 11) is 0. The van der Waals surface area contributed by atoms with Gasteiger partial charge in [0.15, 0.2) is 0 Å². The van der Waals surface area contributed by atoms with E-state index in [4.69, 9.17) is 5.73 Å². The number of hydrogen-bond donors (Lipinski definition) is 2. The highest BCUT2D eigenvalue weighted by atomic mass is 16.2. The molecular formula is C19H27N3O. The summed E-state index contributed by atoms with van der Waals surface area (Å²) in [6.07, 6.45) is 4.67. The molecule has 3 aliphatic rings. The molecule has 2 saturated carbocycles. The molecule has 1 aromatic carbocycles. The Morgan fingerprint density at radius 2 is 2.13 bits per heavy atom. The third-order valence-corrected chi connectivity index (χ3v) is 6.31.